The number of nitrogens with one attached hydrogen (secondary N) is 1. The fraction of sp³-hybridized carbons (Fsp3) is 0.310. The van der Waals surface area contributed by atoms with Crippen LogP contribution in [0.3, 0.4) is 0 Å². The maximum absolute atomic E-state index is 15.4. The first-order valence-corrected chi connectivity index (χ1v) is 12.8. The largest absolute Gasteiger partial charge is 0.508 e. The predicted octanol–water partition coefficient (Wildman–Crippen LogP) is 1.66. The Hall–Kier alpha value is -4.55. The van der Waals surface area contributed by atoms with E-state index in [4.69, 9.17) is 5.73 Å². The van der Waals surface area contributed by atoms with E-state index < -0.39 is 86.7 Å². The number of amides is 2. The molecule has 2 amide bonds. The van der Waals surface area contributed by atoms with Gasteiger partial charge in [0.1, 0.15) is 22.9 Å². The van der Waals surface area contributed by atoms with Gasteiger partial charge in [-0.05, 0) is 51.9 Å². The number of fused-ring (bicyclic) bond motifs is 3. The van der Waals surface area contributed by atoms with E-state index in [-0.39, 0.29) is 29.7 Å². The van der Waals surface area contributed by atoms with Crippen molar-refractivity contribution in [3.05, 3.63) is 75.3 Å². The Bertz CT molecular complexity index is 1630. The van der Waals surface area contributed by atoms with Crippen molar-refractivity contribution in [1.82, 2.24) is 4.90 Å². The number of likely N-dealkylation sites (N-methyl/N-ethyl adjacent to an activating group) is 1. The molecule has 7 N–H and O–H groups in total. The number of aromatic hydroxyl groups is 1. The Labute approximate surface area is 233 Å². The van der Waals surface area contributed by atoms with E-state index in [1.165, 1.54) is 25.1 Å². The summed E-state index contributed by atoms with van der Waals surface area (Å²) in [6.07, 6.45) is -0.377. The van der Waals surface area contributed by atoms with Gasteiger partial charge in [-0.2, -0.15) is 0 Å². The molecule has 12 heteroatoms. The van der Waals surface area contributed by atoms with Crippen LogP contribution in [0.4, 0.5) is 10.1 Å². The summed E-state index contributed by atoms with van der Waals surface area (Å²) < 4.78 is 15.4. The average Bonchev–Trinajstić information content (AvgIpc) is 2.88. The first-order chi connectivity index (χ1) is 19.2. The van der Waals surface area contributed by atoms with Gasteiger partial charge in [0.25, 0.3) is 11.8 Å². The number of hydrogen-bond donors (Lipinski definition) is 6. The van der Waals surface area contributed by atoms with Crippen LogP contribution in [-0.4, -0.2) is 74.4 Å². The second kappa shape index (κ2) is 9.53. The molecule has 0 saturated heterocycles. The molecule has 0 aromatic heterocycles. The van der Waals surface area contributed by atoms with Gasteiger partial charge in [0.15, 0.2) is 17.1 Å². The van der Waals surface area contributed by atoms with Gasteiger partial charge in [-0.1, -0.05) is 17.7 Å². The lowest BCUT2D eigenvalue weighted by molar-refractivity contribution is -0.153. The summed E-state index contributed by atoms with van der Waals surface area (Å²) in [7, 11) is 2.97. The lowest BCUT2D eigenvalue weighted by Gasteiger charge is -2.50. The van der Waals surface area contributed by atoms with E-state index in [1.807, 2.05) is 0 Å². The third-order valence-electron chi connectivity index (χ3n) is 8.19. The molecule has 1 saturated carbocycles. The average molecular weight is 566 g/mol. The lowest BCUT2D eigenvalue weighted by Crippen LogP contribution is -2.65. The van der Waals surface area contributed by atoms with Gasteiger partial charge >= 0.3 is 0 Å². The molecule has 4 atom stereocenters. The predicted molar refractivity (Wildman–Crippen MR) is 143 cm³/mol. The standard InChI is InChI=1S/C29H28FN3O8/c1-11-5-4-6-12(7-11)28(40)32-17-10-16(30)14-8-13-9-15-21(33(2)3)24(36)20(27(31)39)26(38)29(15,41)25(37)18(13)23(35)19(14)22(17)34/h4-7,10,13,15,21,34-35,38,41H,8-9H2,1-3H3,(H2,31,39)(H,32,40)/t13-,15-,21-,29-/m0/s1. The normalized spacial score (nSPS) is 25.6. The van der Waals surface area contributed by atoms with Crippen molar-refractivity contribution in [1.29, 1.82) is 0 Å². The highest BCUT2D eigenvalue weighted by Crippen LogP contribution is 2.53. The summed E-state index contributed by atoms with van der Waals surface area (Å²) in [6.45, 7) is 1.77. The van der Waals surface area contributed by atoms with Crippen LogP contribution < -0.4 is 11.1 Å². The highest BCUT2D eigenvalue weighted by atomic mass is 19.1. The Morgan fingerprint density at radius 3 is 2.44 bits per heavy atom. The van der Waals surface area contributed by atoms with Crippen molar-refractivity contribution in [2.45, 2.75) is 31.4 Å². The topological polar surface area (TPSA) is 190 Å². The molecule has 5 rings (SSSR count). The number of rotatable bonds is 4. The van der Waals surface area contributed by atoms with Gasteiger partial charge in [0.2, 0.25) is 5.78 Å². The minimum Gasteiger partial charge on any atom is -0.508 e. The molecule has 0 unspecified atom stereocenters. The van der Waals surface area contributed by atoms with Crippen molar-refractivity contribution in [3.8, 4) is 5.75 Å². The van der Waals surface area contributed by atoms with Gasteiger partial charge in [0, 0.05) is 28.7 Å². The van der Waals surface area contributed by atoms with Crippen molar-refractivity contribution in [2.75, 3.05) is 19.4 Å². The van der Waals surface area contributed by atoms with Gasteiger partial charge in [-0.25, -0.2) is 4.39 Å². The molecule has 41 heavy (non-hydrogen) atoms. The number of phenolic OH excluding ortho intramolecular Hbond substituents is 1. The number of ketones is 2. The van der Waals surface area contributed by atoms with Gasteiger partial charge in [-0.3, -0.25) is 24.1 Å². The molecule has 0 heterocycles. The number of hydrogen-bond acceptors (Lipinski definition) is 9. The number of anilines is 1. The van der Waals surface area contributed by atoms with Crippen molar-refractivity contribution in [2.24, 2.45) is 17.6 Å². The zero-order valence-electron chi connectivity index (χ0n) is 22.4. The van der Waals surface area contributed by atoms with E-state index >= 15 is 4.39 Å². The summed E-state index contributed by atoms with van der Waals surface area (Å²) in [6, 6.07) is 6.18. The Balaban J connectivity index is 1.64. The molecule has 2 aromatic carbocycles. The van der Waals surface area contributed by atoms with Crippen molar-refractivity contribution < 1.29 is 44.0 Å². The van der Waals surface area contributed by atoms with Gasteiger partial charge in [-0.15, -0.1) is 0 Å². The fourth-order valence-corrected chi connectivity index (χ4v) is 6.34. The maximum atomic E-state index is 15.4. The first kappa shape index (κ1) is 28.0. The fourth-order valence-electron chi connectivity index (χ4n) is 6.34. The van der Waals surface area contributed by atoms with Crippen LogP contribution in [0.5, 0.6) is 5.75 Å². The summed E-state index contributed by atoms with van der Waals surface area (Å²) in [4.78, 5) is 53.2. The molecule has 0 aliphatic heterocycles. The van der Waals surface area contributed by atoms with Crippen molar-refractivity contribution >= 4 is 34.8 Å². The number of benzene rings is 2. The first-order valence-electron chi connectivity index (χ1n) is 12.8. The highest BCUT2D eigenvalue weighted by Gasteiger charge is 2.64. The van der Waals surface area contributed by atoms with Crippen LogP contribution in [0.2, 0.25) is 0 Å². The number of nitrogens with two attached hydrogens (primary N) is 1. The summed E-state index contributed by atoms with van der Waals surface area (Å²) in [5.41, 5.74) is 1.21. The molecule has 2 aromatic rings. The number of aryl methyl sites for hydroxylation is 1. The van der Waals surface area contributed by atoms with Crippen LogP contribution >= 0.6 is 0 Å². The molecule has 11 nitrogen and oxygen atoms in total. The summed E-state index contributed by atoms with van der Waals surface area (Å²) >= 11 is 0. The van der Waals surface area contributed by atoms with E-state index in [9.17, 15) is 39.6 Å². The monoisotopic (exact) mass is 565 g/mol. The van der Waals surface area contributed by atoms with Crippen LogP contribution in [0.25, 0.3) is 5.76 Å². The molecular formula is C29H28FN3O8. The number of nitrogens with zero attached hydrogens (tertiary/aromatic N) is 1. The van der Waals surface area contributed by atoms with E-state index in [0.29, 0.717) is 0 Å². The van der Waals surface area contributed by atoms with Gasteiger partial charge < -0.3 is 31.5 Å². The Morgan fingerprint density at radius 1 is 1.15 bits per heavy atom. The Morgan fingerprint density at radius 2 is 1.83 bits per heavy atom. The molecule has 0 spiro atoms. The van der Waals surface area contributed by atoms with Crippen LogP contribution in [0.15, 0.2) is 47.2 Å². The molecule has 214 valence electrons. The van der Waals surface area contributed by atoms with Gasteiger partial charge in [0.05, 0.1) is 17.3 Å². The quantitative estimate of drug-likeness (QED) is 0.236. The molecule has 0 radical (unpaired) electrons. The molecule has 1 fully saturated rings. The minimum absolute atomic E-state index is 0.137. The number of aliphatic hydroxyl groups is 3. The van der Waals surface area contributed by atoms with E-state index in [2.05, 4.69) is 5.32 Å². The third kappa shape index (κ3) is 4.01. The molecular weight excluding hydrogens is 537 g/mol. The number of Topliss-reactive ketones (excluding diaryl/α,β-unsaturated/α-hetero) is 2. The van der Waals surface area contributed by atoms with E-state index in [1.54, 1.807) is 25.1 Å². The zero-order chi connectivity index (χ0) is 30.1. The smallest absolute Gasteiger partial charge is 0.255 e. The molecule has 3 aliphatic carbocycles. The Kier molecular flexibility index (Phi) is 6.51. The third-order valence-corrected chi connectivity index (χ3v) is 8.19. The number of carbonyl (C=O) groups is 4. The highest BCUT2D eigenvalue weighted by molar-refractivity contribution is 6.24. The number of aliphatic hydroxyl groups excluding tert-OH is 2. The second-order valence-electron chi connectivity index (χ2n) is 10.9. The lowest BCUT2D eigenvalue weighted by atomic mass is 9.57. The molecule has 0 bridgehead atoms. The van der Waals surface area contributed by atoms with E-state index in [0.717, 1.165) is 11.6 Å². The molecule has 3 aliphatic rings. The van der Waals surface area contributed by atoms with Crippen molar-refractivity contribution in [3.63, 3.8) is 0 Å². The second-order valence-corrected chi connectivity index (χ2v) is 10.9. The summed E-state index contributed by atoms with van der Waals surface area (Å²) in [5, 5.41) is 47.3. The number of halogens is 1. The van der Waals surface area contributed by atoms with Crippen LogP contribution in [-0.2, 0) is 20.8 Å². The summed E-state index contributed by atoms with van der Waals surface area (Å²) in [5.74, 6) is -9.96. The number of carbonyl (C=O) groups excluding carboxylic acids is 4. The number of phenols is 1. The minimum atomic E-state index is -2.81. The van der Waals surface area contributed by atoms with Crippen LogP contribution in [0.1, 0.15) is 33.5 Å². The number of primary amides is 1. The zero-order valence-corrected chi connectivity index (χ0v) is 22.4. The maximum Gasteiger partial charge on any atom is 0.255 e. The van der Waals surface area contributed by atoms with Crippen LogP contribution in [0, 0.1) is 24.6 Å². The SMILES string of the molecule is Cc1cccc(C(=O)Nc2cc(F)c3c(c2O)C(O)=C2C(=O)[C@]4(O)C(O)=C(C(N)=O)C(=O)[C@@H](N(C)C)[C@@H]4C[C@@H]2C3)c1.